The predicted octanol–water partition coefficient (Wildman–Crippen LogP) is 6.63. The fourth-order valence-corrected chi connectivity index (χ4v) is 6.17. The van der Waals surface area contributed by atoms with Crippen molar-refractivity contribution in [1.82, 2.24) is 0 Å². The third-order valence-electron chi connectivity index (χ3n) is 8.41. The van der Waals surface area contributed by atoms with Gasteiger partial charge in [-0.3, -0.25) is 0 Å². The highest BCUT2D eigenvalue weighted by molar-refractivity contribution is 5.87. The van der Waals surface area contributed by atoms with Crippen molar-refractivity contribution in [2.24, 2.45) is 0 Å². The zero-order chi connectivity index (χ0) is 17.8. The molecule has 0 heterocycles. The average molecular weight is 331 g/mol. The Labute approximate surface area is 152 Å². The van der Waals surface area contributed by atoms with Gasteiger partial charge in [0.05, 0.1) is 0 Å². The van der Waals surface area contributed by atoms with Gasteiger partial charge in [0.25, 0.3) is 0 Å². The van der Waals surface area contributed by atoms with E-state index in [1.165, 1.54) is 19.3 Å². The first-order chi connectivity index (χ1) is 11.7. The molecule has 0 bridgehead atoms. The van der Waals surface area contributed by atoms with Crippen LogP contribution in [0.2, 0.25) is 0 Å². The van der Waals surface area contributed by atoms with Gasteiger partial charge in [0.15, 0.2) is 0 Å². The Morgan fingerprint density at radius 1 is 0.760 bits per heavy atom. The molecule has 0 N–H and O–H groups in total. The molecule has 2 aromatic carbocycles. The fourth-order valence-electron chi connectivity index (χ4n) is 6.17. The molecular formula is C25H30. The number of hydrogen-bond acceptors (Lipinski definition) is 0. The zero-order valence-corrected chi connectivity index (χ0v) is 16.6. The summed E-state index contributed by atoms with van der Waals surface area (Å²) in [5, 5.41) is 0. The third kappa shape index (κ3) is 1.60. The van der Waals surface area contributed by atoms with Crippen molar-refractivity contribution in [3.8, 4) is 11.1 Å². The van der Waals surface area contributed by atoms with E-state index in [0.717, 1.165) is 0 Å². The highest BCUT2D eigenvalue weighted by atomic mass is 14.6. The van der Waals surface area contributed by atoms with Crippen LogP contribution >= 0.6 is 0 Å². The molecule has 5 rings (SSSR count). The predicted molar refractivity (Wildman–Crippen MR) is 107 cm³/mol. The van der Waals surface area contributed by atoms with Crippen LogP contribution in [0.3, 0.4) is 0 Å². The zero-order valence-electron chi connectivity index (χ0n) is 16.6. The minimum atomic E-state index is 0.136. The maximum absolute atomic E-state index is 2.49. The van der Waals surface area contributed by atoms with Gasteiger partial charge < -0.3 is 0 Å². The van der Waals surface area contributed by atoms with E-state index in [2.05, 4.69) is 71.9 Å². The topological polar surface area (TPSA) is 0 Å². The van der Waals surface area contributed by atoms with Crippen LogP contribution in [0.15, 0.2) is 30.3 Å². The van der Waals surface area contributed by atoms with Crippen LogP contribution in [0, 0.1) is 0 Å². The quantitative estimate of drug-likeness (QED) is 0.508. The Balaban J connectivity index is 2.02. The first-order valence-electron chi connectivity index (χ1n) is 9.99. The van der Waals surface area contributed by atoms with Crippen LogP contribution in [0.5, 0.6) is 0 Å². The summed E-state index contributed by atoms with van der Waals surface area (Å²) < 4.78 is 0. The molecule has 0 radical (unpaired) electrons. The van der Waals surface area contributed by atoms with Crippen molar-refractivity contribution in [2.75, 3.05) is 0 Å². The minimum absolute atomic E-state index is 0.136. The second kappa shape index (κ2) is 4.40. The highest BCUT2D eigenvalue weighted by Crippen LogP contribution is 2.63. The minimum Gasteiger partial charge on any atom is -0.0616 e. The molecular weight excluding hydrogens is 300 g/mol. The van der Waals surface area contributed by atoms with Gasteiger partial charge in [0.2, 0.25) is 0 Å². The van der Waals surface area contributed by atoms with Gasteiger partial charge in [-0.25, -0.2) is 0 Å². The van der Waals surface area contributed by atoms with E-state index in [1.54, 1.807) is 38.9 Å². The Morgan fingerprint density at radius 3 is 2.12 bits per heavy atom. The number of benzene rings is 2. The molecule has 2 aromatic rings. The second-order valence-electron chi connectivity index (χ2n) is 10.2. The molecule has 0 saturated heterocycles. The lowest BCUT2D eigenvalue weighted by molar-refractivity contribution is 0.291. The standard InChI is InChI=1S/C25H30/c1-23(2)16-10-7-9-15-13-14-19-22(20(15)16)21-17(23)11-8-12-18(21)24(3,4)25(19,5)6/h8,11-14,16H,7,9-10H2,1-6H3. The summed E-state index contributed by atoms with van der Waals surface area (Å²) in [5.41, 5.74) is 11.8. The van der Waals surface area contributed by atoms with Crippen molar-refractivity contribution in [1.29, 1.82) is 0 Å². The smallest absolute Gasteiger partial charge is 0.000557 e. The Kier molecular flexibility index (Phi) is 2.76. The lowest BCUT2D eigenvalue weighted by Gasteiger charge is -2.54. The summed E-state index contributed by atoms with van der Waals surface area (Å²) in [5.74, 6) is 0.672. The van der Waals surface area contributed by atoms with Gasteiger partial charge in [-0.1, -0.05) is 71.9 Å². The van der Waals surface area contributed by atoms with Gasteiger partial charge >= 0.3 is 0 Å². The van der Waals surface area contributed by atoms with Crippen molar-refractivity contribution in [2.45, 2.75) is 83.0 Å². The SMILES string of the molecule is CC1(C)c2cccc3c2-c2c(ccc4c2C1CCC4)C(C)(C)C3(C)C. The maximum Gasteiger partial charge on any atom is -0.000557 e. The summed E-state index contributed by atoms with van der Waals surface area (Å²) in [7, 11) is 0. The van der Waals surface area contributed by atoms with E-state index < -0.39 is 0 Å². The monoisotopic (exact) mass is 330 g/mol. The third-order valence-corrected chi connectivity index (χ3v) is 8.41. The summed E-state index contributed by atoms with van der Waals surface area (Å²) in [4.78, 5) is 0. The molecule has 0 spiro atoms. The van der Waals surface area contributed by atoms with Crippen LogP contribution in [0.1, 0.15) is 88.1 Å². The number of hydrogen-bond donors (Lipinski definition) is 0. The van der Waals surface area contributed by atoms with E-state index in [0.29, 0.717) is 5.92 Å². The summed E-state index contributed by atoms with van der Waals surface area (Å²) >= 11 is 0. The van der Waals surface area contributed by atoms with Gasteiger partial charge in [-0.15, -0.1) is 0 Å². The van der Waals surface area contributed by atoms with Crippen LogP contribution in [0.4, 0.5) is 0 Å². The Morgan fingerprint density at radius 2 is 1.40 bits per heavy atom. The Bertz CT molecular complexity index is 908. The molecule has 0 saturated carbocycles. The molecule has 0 amide bonds. The highest BCUT2D eigenvalue weighted by Gasteiger charge is 2.52. The van der Waals surface area contributed by atoms with Gasteiger partial charge in [-0.2, -0.15) is 0 Å². The molecule has 0 aromatic heterocycles. The van der Waals surface area contributed by atoms with E-state index in [1.807, 2.05) is 0 Å². The molecule has 0 nitrogen and oxygen atoms in total. The molecule has 0 heteroatoms. The lowest BCUT2D eigenvalue weighted by Crippen LogP contribution is -2.46. The molecule has 130 valence electrons. The van der Waals surface area contributed by atoms with Crippen LogP contribution in [-0.4, -0.2) is 0 Å². The maximum atomic E-state index is 2.49. The van der Waals surface area contributed by atoms with E-state index >= 15 is 0 Å². The fraction of sp³-hybridized carbons (Fsp3) is 0.520. The molecule has 0 fully saturated rings. The van der Waals surface area contributed by atoms with E-state index in [4.69, 9.17) is 0 Å². The first kappa shape index (κ1) is 15.7. The summed E-state index contributed by atoms with van der Waals surface area (Å²) in [6.07, 6.45) is 3.93. The van der Waals surface area contributed by atoms with Crippen LogP contribution < -0.4 is 0 Å². The summed E-state index contributed by atoms with van der Waals surface area (Å²) in [6, 6.07) is 12.1. The second-order valence-corrected chi connectivity index (χ2v) is 10.2. The van der Waals surface area contributed by atoms with E-state index in [-0.39, 0.29) is 16.2 Å². The van der Waals surface area contributed by atoms with Gasteiger partial charge in [0.1, 0.15) is 0 Å². The lowest BCUT2D eigenvalue weighted by atomic mass is 9.49. The van der Waals surface area contributed by atoms with Gasteiger partial charge in [0, 0.05) is 0 Å². The number of aryl methyl sites for hydroxylation is 1. The van der Waals surface area contributed by atoms with E-state index in [9.17, 15) is 0 Å². The molecule has 0 aliphatic heterocycles. The van der Waals surface area contributed by atoms with Crippen molar-refractivity contribution in [3.05, 3.63) is 58.1 Å². The number of rotatable bonds is 0. The molecule has 1 atom stereocenters. The van der Waals surface area contributed by atoms with Crippen molar-refractivity contribution >= 4 is 0 Å². The molecule has 25 heavy (non-hydrogen) atoms. The average Bonchev–Trinajstić information content (AvgIpc) is 2.57. The largest absolute Gasteiger partial charge is 0.0616 e. The molecule has 3 aliphatic carbocycles. The van der Waals surface area contributed by atoms with Crippen molar-refractivity contribution < 1.29 is 0 Å². The normalized spacial score (nSPS) is 26.1. The van der Waals surface area contributed by atoms with Gasteiger partial charge in [-0.05, 0) is 80.4 Å². The van der Waals surface area contributed by atoms with Crippen LogP contribution in [-0.2, 0) is 22.7 Å². The Hall–Kier alpha value is -1.56. The van der Waals surface area contributed by atoms with Crippen LogP contribution in [0.25, 0.3) is 11.1 Å². The molecule has 3 aliphatic rings. The summed E-state index contributed by atoms with van der Waals surface area (Å²) in [6.45, 7) is 14.8. The molecule has 1 unspecified atom stereocenters. The van der Waals surface area contributed by atoms with Crippen molar-refractivity contribution in [3.63, 3.8) is 0 Å². The first-order valence-corrected chi connectivity index (χ1v) is 9.99.